The standard InChI is InChI=1S/C17H16BrFN2O2/c18-14-10-21(16-8-15(19)11(9-20)7-13(14)16)12-1-3-17(4-2-12)22-5-6-23-17/h7-8,10,12H,1-6H2. The second-order valence-corrected chi connectivity index (χ2v) is 7.04. The molecule has 0 radical (unpaired) electrons. The van der Waals surface area contributed by atoms with E-state index < -0.39 is 11.6 Å². The Morgan fingerprint density at radius 2 is 1.96 bits per heavy atom. The van der Waals surface area contributed by atoms with Crippen molar-refractivity contribution < 1.29 is 13.9 Å². The maximum atomic E-state index is 14.0. The van der Waals surface area contributed by atoms with Crippen molar-refractivity contribution in [1.82, 2.24) is 4.57 Å². The number of benzene rings is 1. The molecule has 1 saturated heterocycles. The van der Waals surface area contributed by atoms with E-state index in [9.17, 15) is 4.39 Å². The van der Waals surface area contributed by atoms with Gasteiger partial charge in [-0.1, -0.05) is 0 Å². The first-order chi connectivity index (χ1) is 11.1. The number of fused-ring (bicyclic) bond motifs is 1. The first-order valence-electron chi connectivity index (χ1n) is 7.79. The number of aromatic nitrogens is 1. The molecule has 2 fully saturated rings. The Kier molecular flexibility index (Phi) is 3.67. The van der Waals surface area contributed by atoms with Crippen molar-refractivity contribution in [1.29, 1.82) is 5.26 Å². The van der Waals surface area contributed by atoms with Crippen LogP contribution in [0.4, 0.5) is 4.39 Å². The van der Waals surface area contributed by atoms with Crippen molar-refractivity contribution in [3.8, 4) is 6.07 Å². The largest absolute Gasteiger partial charge is 0.348 e. The van der Waals surface area contributed by atoms with Gasteiger partial charge < -0.3 is 14.0 Å². The minimum absolute atomic E-state index is 0.0753. The molecule has 0 bridgehead atoms. The fourth-order valence-corrected chi connectivity index (χ4v) is 4.26. The third-order valence-corrected chi connectivity index (χ3v) is 5.55. The van der Waals surface area contributed by atoms with Gasteiger partial charge in [0.15, 0.2) is 5.79 Å². The SMILES string of the molecule is N#Cc1cc2c(Br)cn(C3CCC4(CC3)OCCO4)c2cc1F. The maximum Gasteiger partial charge on any atom is 0.168 e. The van der Waals surface area contributed by atoms with Crippen LogP contribution in [0, 0.1) is 17.1 Å². The summed E-state index contributed by atoms with van der Waals surface area (Å²) in [4.78, 5) is 0. The molecule has 1 aromatic carbocycles. The third-order valence-electron chi connectivity index (χ3n) is 4.92. The van der Waals surface area contributed by atoms with E-state index in [1.807, 2.05) is 12.3 Å². The van der Waals surface area contributed by atoms with Crippen LogP contribution in [0.25, 0.3) is 10.9 Å². The zero-order chi connectivity index (χ0) is 16.0. The Hall–Kier alpha value is -1.42. The molecule has 0 unspecified atom stereocenters. The summed E-state index contributed by atoms with van der Waals surface area (Å²) in [7, 11) is 0. The molecule has 1 aromatic heterocycles. The number of ether oxygens (including phenoxy) is 2. The lowest BCUT2D eigenvalue weighted by molar-refractivity contribution is -0.181. The van der Waals surface area contributed by atoms with E-state index in [0.717, 1.165) is 41.1 Å². The van der Waals surface area contributed by atoms with Crippen LogP contribution < -0.4 is 0 Å². The van der Waals surface area contributed by atoms with Gasteiger partial charge in [-0.2, -0.15) is 5.26 Å². The van der Waals surface area contributed by atoms with Crippen molar-refractivity contribution in [3.05, 3.63) is 34.2 Å². The van der Waals surface area contributed by atoms with E-state index in [4.69, 9.17) is 14.7 Å². The lowest BCUT2D eigenvalue weighted by Crippen LogP contribution is -2.35. The molecule has 6 heteroatoms. The maximum absolute atomic E-state index is 14.0. The number of nitriles is 1. The summed E-state index contributed by atoms with van der Waals surface area (Å²) in [6.45, 7) is 1.34. The van der Waals surface area contributed by atoms with Crippen molar-refractivity contribution in [3.63, 3.8) is 0 Å². The highest BCUT2D eigenvalue weighted by Gasteiger charge is 2.40. The van der Waals surface area contributed by atoms with Gasteiger partial charge in [0, 0.05) is 34.9 Å². The smallest absolute Gasteiger partial charge is 0.168 e. The molecule has 4 rings (SSSR count). The molecule has 2 heterocycles. The molecular weight excluding hydrogens is 363 g/mol. The molecule has 0 N–H and O–H groups in total. The minimum atomic E-state index is -0.471. The third kappa shape index (κ3) is 2.47. The number of nitrogens with zero attached hydrogens (tertiary/aromatic N) is 2. The summed E-state index contributed by atoms with van der Waals surface area (Å²) in [6.07, 6.45) is 5.56. The molecule has 1 aliphatic heterocycles. The molecule has 2 aromatic rings. The first-order valence-corrected chi connectivity index (χ1v) is 8.59. The molecule has 23 heavy (non-hydrogen) atoms. The van der Waals surface area contributed by atoms with E-state index in [0.29, 0.717) is 13.2 Å². The van der Waals surface area contributed by atoms with Gasteiger partial charge in [0.05, 0.1) is 24.3 Å². The van der Waals surface area contributed by atoms with E-state index >= 15 is 0 Å². The summed E-state index contributed by atoms with van der Waals surface area (Å²) < 4.78 is 28.6. The van der Waals surface area contributed by atoms with Gasteiger partial charge in [-0.3, -0.25) is 0 Å². The van der Waals surface area contributed by atoms with Gasteiger partial charge >= 0.3 is 0 Å². The zero-order valence-corrected chi connectivity index (χ0v) is 14.1. The molecular formula is C17H16BrFN2O2. The minimum Gasteiger partial charge on any atom is -0.348 e. The van der Waals surface area contributed by atoms with Crippen molar-refractivity contribution in [2.45, 2.75) is 37.5 Å². The van der Waals surface area contributed by atoms with E-state index in [1.54, 1.807) is 6.07 Å². The first kappa shape index (κ1) is 15.1. The van der Waals surface area contributed by atoms with Gasteiger partial charge in [-0.25, -0.2) is 4.39 Å². The lowest BCUT2D eigenvalue weighted by Gasteiger charge is -2.36. The van der Waals surface area contributed by atoms with Crippen LogP contribution in [0.3, 0.4) is 0 Å². The van der Waals surface area contributed by atoms with Gasteiger partial charge in [0.2, 0.25) is 0 Å². The van der Waals surface area contributed by atoms with Crippen LogP contribution in [-0.2, 0) is 9.47 Å². The summed E-state index contributed by atoms with van der Waals surface area (Å²) in [5.74, 6) is -0.864. The Morgan fingerprint density at radius 3 is 2.61 bits per heavy atom. The summed E-state index contributed by atoms with van der Waals surface area (Å²) in [5.41, 5.74) is 0.897. The second-order valence-electron chi connectivity index (χ2n) is 6.18. The van der Waals surface area contributed by atoms with Crippen LogP contribution in [0.2, 0.25) is 0 Å². The normalized spacial score (nSPS) is 21.1. The van der Waals surface area contributed by atoms with Crippen LogP contribution in [0.5, 0.6) is 0 Å². The number of hydrogen-bond acceptors (Lipinski definition) is 3. The number of halogens is 2. The Balaban J connectivity index is 1.67. The average Bonchev–Trinajstić information content (AvgIpc) is 3.13. The fourth-order valence-electron chi connectivity index (χ4n) is 3.72. The van der Waals surface area contributed by atoms with Crippen LogP contribution in [0.1, 0.15) is 37.3 Å². The van der Waals surface area contributed by atoms with E-state index in [2.05, 4.69) is 20.5 Å². The Morgan fingerprint density at radius 1 is 1.26 bits per heavy atom. The average molecular weight is 379 g/mol. The van der Waals surface area contributed by atoms with Gasteiger partial charge in [0.25, 0.3) is 0 Å². The van der Waals surface area contributed by atoms with Gasteiger partial charge in [-0.05, 0) is 40.9 Å². The van der Waals surface area contributed by atoms with Crippen LogP contribution >= 0.6 is 15.9 Å². The second kappa shape index (κ2) is 5.59. The highest BCUT2D eigenvalue weighted by atomic mass is 79.9. The Labute approximate surface area is 141 Å². The fraction of sp³-hybridized carbons (Fsp3) is 0.471. The van der Waals surface area contributed by atoms with Crippen molar-refractivity contribution in [2.24, 2.45) is 0 Å². The van der Waals surface area contributed by atoms with E-state index in [1.165, 1.54) is 6.07 Å². The van der Waals surface area contributed by atoms with Crippen LogP contribution in [0.15, 0.2) is 22.8 Å². The summed E-state index contributed by atoms with van der Waals surface area (Å²) >= 11 is 3.53. The highest BCUT2D eigenvalue weighted by Crippen LogP contribution is 2.42. The molecule has 1 saturated carbocycles. The highest BCUT2D eigenvalue weighted by molar-refractivity contribution is 9.10. The Bertz CT molecular complexity index is 795. The molecule has 0 amide bonds. The molecule has 4 nitrogen and oxygen atoms in total. The quantitative estimate of drug-likeness (QED) is 0.744. The van der Waals surface area contributed by atoms with Crippen molar-refractivity contribution >= 4 is 26.8 Å². The van der Waals surface area contributed by atoms with E-state index in [-0.39, 0.29) is 11.6 Å². The summed E-state index contributed by atoms with van der Waals surface area (Å²) in [5, 5.41) is 9.87. The topological polar surface area (TPSA) is 47.2 Å². The van der Waals surface area contributed by atoms with Gasteiger partial charge in [0.1, 0.15) is 11.9 Å². The number of rotatable bonds is 1. The molecule has 1 aliphatic carbocycles. The molecule has 0 atom stereocenters. The van der Waals surface area contributed by atoms with Crippen LogP contribution in [-0.4, -0.2) is 23.6 Å². The lowest BCUT2D eigenvalue weighted by atomic mass is 9.90. The summed E-state index contributed by atoms with van der Waals surface area (Å²) in [6, 6.07) is 5.26. The van der Waals surface area contributed by atoms with Gasteiger partial charge in [-0.15, -0.1) is 0 Å². The van der Waals surface area contributed by atoms with Crippen molar-refractivity contribution in [2.75, 3.05) is 13.2 Å². The monoisotopic (exact) mass is 378 g/mol. The molecule has 2 aliphatic rings. The zero-order valence-electron chi connectivity index (χ0n) is 12.5. The predicted octanol–water partition coefficient (Wildman–Crippen LogP) is 4.27. The predicted molar refractivity (Wildman–Crippen MR) is 86.5 cm³/mol. The number of hydrogen-bond donors (Lipinski definition) is 0. The molecule has 120 valence electrons. The molecule has 1 spiro atoms.